The van der Waals surface area contributed by atoms with Gasteiger partial charge in [-0.15, -0.1) is 0 Å². The molecule has 2 aromatic heterocycles. The molecule has 6 rings (SSSR count). The molecule has 0 aliphatic rings. The third-order valence-electron chi connectivity index (χ3n) is 7.48. The molecule has 0 unspecified atom stereocenters. The van der Waals surface area contributed by atoms with Crippen molar-refractivity contribution in [2.24, 2.45) is 0 Å². The van der Waals surface area contributed by atoms with Gasteiger partial charge in [-0.1, -0.05) is 62.4 Å². The minimum Gasteiger partial charge on any atom is -0.490 e. The maximum absolute atomic E-state index is 9.40. The molecule has 208 valence electrons. The zero-order valence-corrected chi connectivity index (χ0v) is 23.1. The van der Waals surface area contributed by atoms with Gasteiger partial charge in [0.15, 0.2) is 0 Å². The monoisotopic (exact) mass is 548 g/mol. The number of aliphatic hydroxyl groups excluding tert-OH is 2. The lowest BCUT2D eigenvalue weighted by molar-refractivity contribution is 0.201. The first-order valence-electron chi connectivity index (χ1n) is 13.7. The molecule has 0 bridgehead atoms. The van der Waals surface area contributed by atoms with E-state index in [1.54, 1.807) is 0 Å². The molecule has 6 nitrogen and oxygen atoms in total. The van der Waals surface area contributed by atoms with Gasteiger partial charge in [0.25, 0.3) is 0 Å². The average Bonchev–Trinajstić information content (AvgIpc) is 3.63. The van der Waals surface area contributed by atoms with E-state index < -0.39 is 5.41 Å². The second-order valence-corrected chi connectivity index (χ2v) is 10.5. The van der Waals surface area contributed by atoms with Crippen molar-refractivity contribution < 1.29 is 28.5 Å². The van der Waals surface area contributed by atoms with Crippen molar-refractivity contribution in [3.05, 3.63) is 108 Å². The van der Waals surface area contributed by atoms with Crippen LogP contribution in [0.5, 0.6) is 11.5 Å². The smallest absolute Gasteiger partial charge is 0.139 e. The molecule has 4 aromatic carbocycles. The Morgan fingerprint density at radius 1 is 0.585 bits per heavy atom. The zero-order chi connectivity index (χ0) is 28.4. The molecular weight excluding hydrogens is 516 g/mol. The van der Waals surface area contributed by atoms with E-state index in [-0.39, 0.29) is 26.4 Å². The molecule has 6 heteroatoms. The van der Waals surface area contributed by atoms with Crippen molar-refractivity contribution in [3.63, 3.8) is 0 Å². The summed E-state index contributed by atoms with van der Waals surface area (Å²) in [7, 11) is 0. The normalized spacial score (nSPS) is 11.8. The number of rotatable bonds is 10. The first-order valence-corrected chi connectivity index (χ1v) is 13.7. The van der Waals surface area contributed by atoms with E-state index in [0.29, 0.717) is 23.0 Å². The maximum atomic E-state index is 9.40. The van der Waals surface area contributed by atoms with Gasteiger partial charge in [0.2, 0.25) is 0 Å². The molecule has 0 aliphatic carbocycles. The quantitative estimate of drug-likeness (QED) is 0.184. The SMILES string of the molecule is CC(C)(c1ccc(OCCO)c(-c2cc3ccccc3o2)c1)c1ccc(OCCO)c(-c2cc3ccccc3o2)c1. The van der Waals surface area contributed by atoms with E-state index in [2.05, 4.69) is 38.1 Å². The summed E-state index contributed by atoms with van der Waals surface area (Å²) in [6.45, 7) is 4.55. The molecular formula is C35H32O6. The fourth-order valence-corrected chi connectivity index (χ4v) is 5.18. The summed E-state index contributed by atoms with van der Waals surface area (Å²) in [5.41, 5.74) is 4.93. The van der Waals surface area contributed by atoms with Crippen LogP contribution in [0.4, 0.5) is 0 Å². The highest BCUT2D eigenvalue weighted by Gasteiger charge is 2.27. The van der Waals surface area contributed by atoms with Gasteiger partial charge < -0.3 is 28.5 Å². The van der Waals surface area contributed by atoms with Gasteiger partial charge in [0, 0.05) is 16.2 Å². The molecule has 0 saturated carbocycles. The van der Waals surface area contributed by atoms with E-state index in [9.17, 15) is 10.2 Å². The van der Waals surface area contributed by atoms with Crippen LogP contribution in [0.1, 0.15) is 25.0 Å². The van der Waals surface area contributed by atoms with Crippen LogP contribution in [0.25, 0.3) is 44.6 Å². The zero-order valence-electron chi connectivity index (χ0n) is 23.1. The van der Waals surface area contributed by atoms with Gasteiger partial charge in [0.05, 0.1) is 24.3 Å². The van der Waals surface area contributed by atoms with Crippen molar-refractivity contribution in [1.82, 2.24) is 0 Å². The van der Waals surface area contributed by atoms with E-state index in [1.165, 1.54) is 0 Å². The number of furan rings is 2. The second-order valence-electron chi connectivity index (χ2n) is 10.5. The van der Waals surface area contributed by atoms with Gasteiger partial charge in [-0.2, -0.15) is 0 Å². The first kappa shape index (κ1) is 26.7. The number of benzene rings is 4. The van der Waals surface area contributed by atoms with Crippen molar-refractivity contribution in [3.8, 4) is 34.1 Å². The van der Waals surface area contributed by atoms with Gasteiger partial charge in [0.1, 0.15) is 47.4 Å². The summed E-state index contributed by atoms with van der Waals surface area (Å²) in [5.74, 6) is 2.70. The van der Waals surface area contributed by atoms with Crippen LogP contribution in [-0.2, 0) is 5.41 Å². The third kappa shape index (κ3) is 5.20. The number of aliphatic hydroxyl groups is 2. The maximum Gasteiger partial charge on any atom is 0.139 e. The highest BCUT2D eigenvalue weighted by Crippen LogP contribution is 2.42. The summed E-state index contributed by atoms with van der Waals surface area (Å²) < 4.78 is 24.3. The standard InChI is InChI=1S/C35H32O6/c1-35(2,25-11-13-31(38-17-15-36)27(21-25)33-19-23-7-3-5-9-29(23)40-33)26-12-14-32(39-18-16-37)28(22-26)34-20-24-8-4-6-10-30(24)41-34/h3-14,19-22,36-37H,15-18H2,1-2H3. The van der Waals surface area contributed by atoms with E-state index in [4.69, 9.17) is 18.3 Å². The van der Waals surface area contributed by atoms with Crippen molar-refractivity contribution in [2.75, 3.05) is 26.4 Å². The molecule has 0 radical (unpaired) electrons. The Balaban J connectivity index is 1.45. The Hall–Kier alpha value is -4.52. The lowest BCUT2D eigenvalue weighted by atomic mass is 9.77. The molecule has 0 atom stereocenters. The molecule has 2 N–H and O–H groups in total. The van der Waals surface area contributed by atoms with Crippen LogP contribution in [-0.4, -0.2) is 36.6 Å². The minimum atomic E-state index is -0.424. The molecule has 0 saturated heterocycles. The van der Waals surface area contributed by atoms with Crippen LogP contribution >= 0.6 is 0 Å². The lowest BCUT2D eigenvalue weighted by Gasteiger charge is -2.28. The predicted molar refractivity (Wildman–Crippen MR) is 161 cm³/mol. The fourth-order valence-electron chi connectivity index (χ4n) is 5.18. The molecule has 0 aliphatic heterocycles. The molecule has 0 amide bonds. The Morgan fingerprint density at radius 3 is 1.44 bits per heavy atom. The van der Waals surface area contributed by atoms with Crippen molar-refractivity contribution in [1.29, 1.82) is 0 Å². The highest BCUT2D eigenvalue weighted by molar-refractivity contribution is 5.85. The second kappa shape index (κ2) is 11.2. The minimum absolute atomic E-state index is 0.0813. The van der Waals surface area contributed by atoms with E-state index in [1.807, 2.05) is 72.8 Å². The van der Waals surface area contributed by atoms with Gasteiger partial charge >= 0.3 is 0 Å². The molecule has 6 aromatic rings. The average molecular weight is 549 g/mol. The summed E-state index contributed by atoms with van der Waals surface area (Å²) >= 11 is 0. The summed E-state index contributed by atoms with van der Waals surface area (Å²) in [5, 5.41) is 20.8. The van der Waals surface area contributed by atoms with Gasteiger partial charge in [-0.05, 0) is 59.7 Å². The van der Waals surface area contributed by atoms with Crippen molar-refractivity contribution in [2.45, 2.75) is 19.3 Å². The van der Waals surface area contributed by atoms with Crippen LogP contribution in [0.15, 0.2) is 106 Å². The van der Waals surface area contributed by atoms with E-state index in [0.717, 1.165) is 44.2 Å². The van der Waals surface area contributed by atoms with Gasteiger partial charge in [-0.25, -0.2) is 0 Å². The van der Waals surface area contributed by atoms with Gasteiger partial charge in [-0.3, -0.25) is 0 Å². The highest BCUT2D eigenvalue weighted by atomic mass is 16.5. The number of fused-ring (bicyclic) bond motifs is 2. The van der Waals surface area contributed by atoms with Crippen LogP contribution in [0.3, 0.4) is 0 Å². The fraction of sp³-hybridized carbons (Fsp3) is 0.200. The molecule has 0 spiro atoms. The summed E-state index contributed by atoms with van der Waals surface area (Å²) in [4.78, 5) is 0. The van der Waals surface area contributed by atoms with Crippen molar-refractivity contribution >= 4 is 21.9 Å². The van der Waals surface area contributed by atoms with Crippen LogP contribution in [0.2, 0.25) is 0 Å². The van der Waals surface area contributed by atoms with Crippen LogP contribution in [0, 0.1) is 0 Å². The summed E-state index contributed by atoms with van der Waals surface area (Å²) in [6, 6.07) is 32.0. The molecule has 2 heterocycles. The Kier molecular flexibility index (Phi) is 7.26. The summed E-state index contributed by atoms with van der Waals surface area (Å²) in [6.07, 6.45) is 0. The Morgan fingerprint density at radius 2 is 1.02 bits per heavy atom. The topological polar surface area (TPSA) is 85.2 Å². The predicted octanol–water partition coefficient (Wildman–Crippen LogP) is 7.58. The first-order chi connectivity index (χ1) is 20.0. The Bertz CT molecular complexity index is 1610. The van der Waals surface area contributed by atoms with Crippen LogP contribution < -0.4 is 9.47 Å². The molecule has 41 heavy (non-hydrogen) atoms. The number of ether oxygens (including phenoxy) is 2. The molecule has 0 fully saturated rings. The third-order valence-corrected chi connectivity index (χ3v) is 7.48. The number of hydrogen-bond acceptors (Lipinski definition) is 6. The number of hydrogen-bond donors (Lipinski definition) is 2. The van der Waals surface area contributed by atoms with E-state index >= 15 is 0 Å². The largest absolute Gasteiger partial charge is 0.490 e. The lowest BCUT2D eigenvalue weighted by Crippen LogP contribution is -2.19. The Labute approximate surface area is 238 Å². The number of para-hydroxylation sites is 2.